The molecule has 1 saturated heterocycles. The Bertz CT molecular complexity index is 766. The number of rotatable bonds is 5. The van der Waals surface area contributed by atoms with Gasteiger partial charge in [-0.15, -0.1) is 0 Å². The van der Waals surface area contributed by atoms with Crippen LogP contribution in [0.25, 0.3) is 10.9 Å². The lowest BCUT2D eigenvalue weighted by molar-refractivity contribution is -0.159. The standard InChI is InChI=1S/C17H21ClN2O.C2H2O4/c18-14-5-6-15-16(13-14)19-8-7-17(15)21-12-4-11-20-9-2-1-3-10-20;3-1(4)2(5)6/h5-8,13H,1-4,9-12H2;(H,3,4)(H,5,6). The van der Waals surface area contributed by atoms with Gasteiger partial charge in [0.1, 0.15) is 5.75 Å². The molecule has 0 aliphatic carbocycles. The maximum Gasteiger partial charge on any atom is 0.414 e. The van der Waals surface area contributed by atoms with Gasteiger partial charge < -0.3 is 19.8 Å². The molecule has 2 N–H and O–H groups in total. The van der Waals surface area contributed by atoms with Gasteiger partial charge in [0.15, 0.2) is 0 Å². The van der Waals surface area contributed by atoms with Crippen LogP contribution in [0.3, 0.4) is 0 Å². The van der Waals surface area contributed by atoms with Crippen LogP contribution in [0.2, 0.25) is 5.02 Å². The minimum Gasteiger partial charge on any atom is -0.493 e. The first-order valence-electron chi connectivity index (χ1n) is 8.83. The van der Waals surface area contributed by atoms with Crippen molar-refractivity contribution in [1.82, 2.24) is 9.88 Å². The van der Waals surface area contributed by atoms with Gasteiger partial charge in [0.05, 0.1) is 12.1 Å². The second kappa shape index (κ2) is 10.7. The zero-order chi connectivity index (χ0) is 19.6. The average Bonchev–Trinajstić information content (AvgIpc) is 2.66. The molecule has 0 atom stereocenters. The van der Waals surface area contributed by atoms with Gasteiger partial charge in [-0.3, -0.25) is 4.98 Å². The summed E-state index contributed by atoms with van der Waals surface area (Å²) in [6.07, 6.45) is 6.92. The number of hydrogen-bond donors (Lipinski definition) is 2. The van der Waals surface area contributed by atoms with Gasteiger partial charge in [0.2, 0.25) is 0 Å². The Balaban J connectivity index is 0.000000380. The molecule has 1 aliphatic rings. The molecule has 0 radical (unpaired) electrons. The second-order valence-corrected chi connectivity index (χ2v) is 6.62. The Morgan fingerprint density at radius 3 is 2.48 bits per heavy atom. The average molecular weight is 395 g/mol. The predicted molar refractivity (Wildman–Crippen MR) is 102 cm³/mol. The number of aliphatic carboxylic acids is 2. The number of ether oxygens (including phenoxy) is 1. The lowest BCUT2D eigenvalue weighted by Gasteiger charge is -2.26. The normalized spacial score (nSPS) is 14.3. The van der Waals surface area contributed by atoms with E-state index in [-0.39, 0.29) is 0 Å². The van der Waals surface area contributed by atoms with E-state index in [1.807, 2.05) is 24.3 Å². The first-order valence-corrected chi connectivity index (χ1v) is 9.21. The number of carboxylic acids is 2. The topological polar surface area (TPSA) is 100.0 Å². The highest BCUT2D eigenvalue weighted by molar-refractivity contribution is 6.31. The number of benzene rings is 1. The van der Waals surface area contributed by atoms with E-state index in [0.717, 1.165) is 36.2 Å². The van der Waals surface area contributed by atoms with Crippen molar-refractivity contribution in [1.29, 1.82) is 0 Å². The van der Waals surface area contributed by atoms with E-state index >= 15 is 0 Å². The molecule has 27 heavy (non-hydrogen) atoms. The van der Waals surface area contributed by atoms with Gasteiger partial charge in [0.25, 0.3) is 0 Å². The van der Waals surface area contributed by atoms with Gasteiger partial charge in [-0.05, 0) is 56.6 Å². The van der Waals surface area contributed by atoms with E-state index in [1.165, 1.54) is 32.4 Å². The van der Waals surface area contributed by atoms with E-state index in [9.17, 15) is 0 Å². The number of nitrogens with zero attached hydrogens (tertiary/aromatic N) is 2. The van der Waals surface area contributed by atoms with Crippen LogP contribution in [0.15, 0.2) is 30.5 Å². The maximum absolute atomic E-state index is 9.10. The molecule has 0 unspecified atom stereocenters. The van der Waals surface area contributed by atoms with Crippen LogP contribution in [0.4, 0.5) is 0 Å². The first-order chi connectivity index (χ1) is 13.0. The molecule has 2 heterocycles. The molecule has 3 rings (SSSR count). The zero-order valence-electron chi connectivity index (χ0n) is 14.9. The fraction of sp³-hybridized carbons (Fsp3) is 0.421. The monoisotopic (exact) mass is 394 g/mol. The van der Waals surface area contributed by atoms with Crippen LogP contribution < -0.4 is 4.74 Å². The number of hydrogen-bond acceptors (Lipinski definition) is 5. The van der Waals surface area contributed by atoms with E-state index < -0.39 is 11.9 Å². The van der Waals surface area contributed by atoms with Crippen molar-refractivity contribution in [2.75, 3.05) is 26.2 Å². The number of aromatic nitrogens is 1. The molecule has 1 aromatic carbocycles. The largest absolute Gasteiger partial charge is 0.493 e. The highest BCUT2D eigenvalue weighted by Crippen LogP contribution is 2.26. The minimum atomic E-state index is -1.82. The number of fused-ring (bicyclic) bond motifs is 1. The van der Waals surface area contributed by atoms with Gasteiger partial charge in [-0.25, -0.2) is 9.59 Å². The van der Waals surface area contributed by atoms with E-state index in [0.29, 0.717) is 5.02 Å². The van der Waals surface area contributed by atoms with Crippen molar-refractivity contribution in [2.45, 2.75) is 25.7 Å². The zero-order valence-corrected chi connectivity index (χ0v) is 15.7. The van der Waals surface area contributed by atoms with Crippen molar-refractivity contribution in [3.63, 3.8) is 0 Å². The molecular formula is C19H23ClN2O5. The Morgan fingerprint density at radius 2 is 1.81 bits per heavy atom. The molecule has 146 valence electrons. The maximum atomic E-state index is 9.10. The molecule has 0 bridgehead atoms. The lowest BCUT2D eigenvalue weighted by atomic mass is 10.1. The first kappa shape index (κ1) is 20.9. The summed E-state index contributed by atoms with van der Waals surface area (Å²) in [6.45, 7) is 4.38. The molecule has 1 aliphatic heterocycles. The van der Waals surface area contributed by atoms with Crippen LogP contribution in [0, 0.1) is 0 Å². The molecule has 0 spiro atoms. The number of piperidine rings is 1. The van der Waals surface area contributed by atoms with Crippen molar-refractivity contribution in [3.05, 3.63) is 35.5 Å². The van der Waals surface area contributed by atoms with E-state index in [4.69, 9.17) is 36.1 Å². The summed E-state index contributed by atoms with van der Waals surface area (Å²) in [5.74, 6) is -2.75. The lowest BCUT2D eigenvalue weighted by Crippen LogP contribution is -2.31. The quantitative estimate of drug-likeness (QED) is 0.592. The molecular weight excluding hydrogens is 372 g/mol. The van der Waals surface area contributed by atoms with Crippen molar-refractivity contribution >= 4 is 34.4 Å². The van der Waals surface area contributed by atoms with Crippen LogP contribution in [-0.4, -0.2) is 58.3 Å². The van der Waals surface area contributed by atoms with Gasteiger partial charge in [-0.2, -0.15) is 0 Å². The fourth-order valence-corrected chi connectivity index (χ4v) is 3.04. The second-order valence-electron chi connectivity index (χ2n) is 6.19. The highest BCUT2D eigenvalue weighted by atomic mass is 35.5. The third-order valence-corrected chi connectivity index (χ3v) is 4.41. The van der Waals surface area contributed by atoms with E-state index in [2.05, 4.69) is 9.88 Å². The SMILES string of the molecule is Clc1ccc2c(OCCCN3CCCCC3)ccnc2c1.O=C(O)C(=O)O. The molecule has 0 amide bonds. The predicted octanol–water partition coefficient (Wildman–Crippen LogP) is 3.30. The van der Waals surface area contributed by atoms with Gasteiger partial charge in [0, 0.05) is 23.2 Å². The number of halogens is 1. The summed E-state index contributed by atoms with van der Waals surface area (Å²) in [5.41, 5.74) is 0.885. The van der Waals surface area contributed by atoms with Crippen molar-refractivity contribution in [2.24, 2.45) is 0 Å². The van der Waals surface area contributed by atoms with Crippen LogP contribution >= 0.6 is 11.6 Å². The number of likely N-dealkylation sites (tertiary alicyclic amines) is 1. The Morgan fingerprint density at radius 1 is 1.11 bits per heavy atom. The molecule has 2 aromatic rings. The number of carbonyl (C=O) groups is 2. The molecule has 8 heteroatoms. The number of carboxylic acid groups (broad SMARTS) is 2. The van der Waals surface area contributed by atoms with Crippen LogP contribution in [0.5, 0.6) is 5.75 Å². The summed E-state index contributed by atoms with van der Waals surface area (Å²) in [7, 11) is 0. The third-order valence-electron chi connectivity index (χ3n) is 4.17. The highest BCUT2D eigenvalue weighted by Gasteiger charge is 2.09. The molecule has 0 saturated carbocycles. The van der Waals surface area contributed by atoms with Gasteiger partial charge >= 0.3 is 11.9 Å². The van der Waals surface area contributed by atoms with Crippen molar-refractivity contribution in [3.8, 4) is 5.75 Å². The fourth-order valence-electron chi connectivity index (χ4n) is 2.87. The summed E-state index contributed by atoms with van der Waals surface area (Å²) < 4.78 is 5.94. The number of pyridine rings is 1. The summed E-state index contributed by atoms with van der Waals surface area (Å²) in [5, 5.41) is 16.5. The van der Waals surface area contributed by atoms with Crippen LogP contribution in [0.1, 0.15) is 25.7 Å². The molecule has 7 nitrogen and oxygen atoms in total. The minimum absolute atomic E-state index is 0.706. The molecule has 1 aromatic heterocycles. The summed E-state index contributed by atoms with van der Waals surface area (Å²) in [4.78, 5) is 25.1. The summed E-state index contributed by atoms with van der Waals surface area (Å²) in [6, 6.07) is 7.66. The molecule has 1 fully saturated rings. The summed E-state index contributed by atoms with van der Waals surface area (Å²) >= 11 is 6.00. The van der Waals surface area contributed by atoms with Crippen LogP contribution in [-0.2, 0) is 9.59 Å². The Hall–Kier alpha value is -2.38. The Labute approximate surface area is 162 Å². The Kier molecular flexibility index (Phi) is 8.29. The van der Waals surface area contributed by atoms with Crippen molar-refractivity contribution < 1.29 is 24.5 Å². The smallest absolute Gasteiger partial charge is 0.414 e. The van der Waals surface area contributed by atoms with Gasteiger partial charge in [-0.1, -0.05) is 18.0 Å². The van der Waals surface area contributed by atoms with E-state index in [1.54, 1.807) is 6.20 Å². The third kappa shape index (κ3) is 7.03.